The molecule has 0 spiro atoms. The van der Waals surface area contributed by atoms with Crippen LogP contribution in [0.15, 0.2) is 58.6 Å². The van der Waals surface area contributed by atoms with Gasteiger partial charge in [-0.2, -0.15) is 9.78 Å². The molecule has 0 amide bonds. The van der Waals surface area contributed by atoms with Crippen molar-refractivity contribution in [3.05, 3.63) is 71.3 Å². The number of aliphatic imine (C=N–C) groups is 1. The van der Waals surface area contributed by atoms with Crippen LogP contribution >= 0.6 is 0 Å². The van der Waals surface area contributed by atoms with Crippen LogP contribution in [0.2, 0.25) is 0 Å². The molecule has 0 aliphatic carbocycles. The van der Waals surface area contributed by atoms with Gasteiger partial charge in [0.25, 0.3) is 0 Å². The SMILES string of the molecule is CCN(CC)c1ccc(N=C2C(c3ccccc3)=Nn3c(C)nnc32)c(C)c1. The van der Waals surface area contributed by atoms with Crippen LogP contribution in [-0.2, 0) is 0 Å². The van der Waals surface area contributed by atoms with E-state index in [1.807, 2.05) is 37.3 Å². The molecule has 0 fully saturated rings. The number of fused-ring (bicyclic) bond motifs is 1. The van der Waals surface area contributed by atoms with Gasteiger partial charge in [-0.25, -0.2) is 4.99 Å². The number of rotatable bonds is 5. The van der Waals surface area contributed by atoms with Gasteiger partial charge in [0.15, 0.2) is 5.82 Å². The molecule has 1 aliphatic rings. The van der Waals surface area contributed by atoms with E-state index in [0.717, 1.165) is 47.2 Å². The first kappa shape index (κ1) is 18.1. The van der Waals surface area contributed by atoms with Crippen LogP contribution < -0.4 is 4.90 Å². The van der Waals surface area contributed by atoms with Crippen LogP contribution in [0.4, 0.5) is 11.4 Å². The van der Waals surface area contributed by atoms with Crippen LogP contribution in [0.1, 0.15) is 36.6 Å². The second kappa shape index (κ2) is 7.38. The third kappa shape index (κ3) is 3.11. The number of benzene rings is 2. The number of anilines is 1. The van der Waals surface area contributed by atoms with Gasteiger partial charge in [0, 0.05) is 24.3 Å². The third-order valence-corrected chi connectivity index (χ3v) is 5.02. The molecule has 0 saturated carbocycles. The molecule has 28 heavy (non-hydrogen) atoms. The van der Waals surface area contributed by atoms with E-state index >= 15 is 0 Å². The molecule has 0 unspecified atom stereocenters. The third-order valence-electron chi connectivity index (χ3n) is 5.02. The van der Waals surface area contributed by atoms with Crippen molar-refractivity contribution in [1.82, 2.24) is 14.9 Å². The predicted molar refractivity (Wildman–Crippen MR) is 114 cm³/mol. The van der Waals surface area contributed by atoms with Crippen molar-refractivity contribution in [1.29, 1.82) is 0 Å². The molecular formula is C22H24N6. The van der Waals surface area contributed by atoms with Crippen molar-refractivity contribution in [2.75, 3.05) is 18.0 Å². The van der Waals surface area contributed by atoms with Crippen molar-refractivity contribution in [2.45, 2.75) is 27.7 Å². The van der Waals surface area contributed by atoms with E-state index in [4.69, 9.17) is 10.1 Å². The van der Waals surface area contributed by atoms with Crippen molar-refractivity contribution in [2.24, 2.45) is 10.1 Å². The average Bonchev–Trinajstić information content (AvgIpc) is 3.26. The smallest absolute Gasteiger partial charge is 0.205 e. The highest BCUT2D eigenvalue weighted by Gasteiger charge is 2.28. The van der Waals surface area contributed by atoms with Crippen molar-refractivity contribution in [3.8, 4) is 0 Å². The molecule has 4 rings (SSSR count). The topological polar surface area (TPSA) is 58.7 Å². The molecule has 0 bridgehead atoms. The lowest BCUT2D eigenvalue weighted by atomic mass is 10.1. The maximum Gasteiger partial charge on any atom is 0.205 e. The van der Waals surface area contributed by atoms with Gasteiger partial charge in [-0.1, -0.05) is 30.3 Å². The normalized spacial score (nSPS) is 14.3. The van der Waals surface area contributed by atoms with Crippen LogP contribution in [0.25, 0.3) is 0 Å². The molecule has 3 aromatic rings. The number of hydrogen-bond acceptors (Lipinski definition) is 5. The monoisotopic (exact) mass is 372 g/mol. The molecule has 2 aromatic carbocycles. The summed E-state index contributed by atoms with van der Waals surface area (Å²) in [6.45, 7) is 10.3. The van der Waals surface area contributed by atoms with E-state index in [1.54, 1.807) is 4.68 Å². The Labute approximate surface area is 165 Å². The zero-order valence-corrected chi connectivity index (χ0v) is 16.7. The summed E-state index contributed by atoms with van der Waals surface area (Å²) in [7, 11) is 0. The summed E-state index contributed by atoms with van der Waals surface area (Å²) in [5.74, 6) is 1.44. The van der Waals surface area contributed by atoms with E-state index in [-0.39, 0.29) is 0 Å². The first-order valence-corrected chi connectivity index (χ1v) is 9.63. The first-order chi connectivity index (χ1) is 13.6. The average molecular weight is 372 g/mol. The summed E-state index contributed by atoms with van der Waals surface area (Å²) in [6, 6.07) is 16.5. The van der Waals surface area contributed by atoms with Crippen molar-refractivity contribution < 1.29 is 0 Å². The summed E-state index contributed by atoms with van der Waals surface area (Å²) in [4.78, 5) is 7.30. The van der Waals surface area contributed by atoms with Gasteiger partial charge in [-0.3, -0.25) is 0 Å². The van der Waals surface area contributed by atoms with Gasteiger partial charge in [-0.15, -0.1) is 10.2 Å². The highest BCUT2D eigenvalue weighted by Crippen LogP contribution is 2.27. The molecule has 2 heterocycles. The quantitative estimate of drug-likeness (QED) is 0.677. The van der Waals surface area contributed by atoms with E-state index < -0.39 is 0 Å². The molecule has 142 valence electrons. The van der Waals surface area contributed by atoms with Gasteiger partial charge in [0.1, 0.15) is 11.4 Å². The Morgan fingerprint density at radius 1 is 0.964 bits per heavy atom. The summed E-state index contributed by atoms with van der Waals surface area (Å²) >= 11 is 0. The minimum Gasteiger partial charge on any atom is -0.372 e. The minimum absolute atomic E-state index is 0.684. The fourth-order valence-electron chi connectivity index (χ4n) is 3.44. The van der Waals surface area contributed by atoms with Crippen molar-refractivity contribution in [3.63, 3.8) is 0 Å². The Bertz CT molecular complexity index is 1060. The van der Waals surface area contributed by atoms with Gasteiger partial charge in [0.2, 0.25) is 5.82 Å². The lowest BCUT2D eigenvalue weighted by molar-refractivity contribution is 0.835. The van der Waals surface area contributed by atoms with Crippen LogP contribution in [0.5, 0.6) is 0 Å². The number of aryl methyl sites for hydroxylation is 2. The lowest BCUT2D eigenvalue weighted by Crippen LogP contribution is -2.21. The summed E-state index contributed by atoms with van der Waals surface area (Å²) in [5, 5.41) is 13.2. The van der Waals surface area contributed by atoms with Crippen LogP contribution in [-0.4, -0.2) is 39.4 Å². The zero-order valence-electron chi connectivity index (χ0n) is 16.7. The maximum atomic E-state index is 4.97. The van der Waals surface area contributed by atoms with Gasteiger partial charge < -0.3 is 4.90 Å². The van der Waals surface area contributed by atoms with E-state index in [1.165, 1.54) is 5.69 Å². The molecule has 0 radical (unpaired) electrons. The second-order valence-electron chi connectivity index (χ2n) is 6.80. The highest BCUT2D eigenvalue weighted by atomic mass is 15.5. The Balaban J connectivity index is 1.80. The molecule has 1 aromatic heterocycles. The van der Waals surface area contributed by atoms with Crippen LogP contribution in [0, 0.1) is 13.8 Å². The van der Waals surface area contributed by atoms with Crippen molar-refractivity contribution >= 4 is 22.8 Å². The minimum atomic E-state index is 0.684. The maximum absolute atomic E-state index is 4.97. The molecule has 1 aliphatic heterocycles. The zero-order chi connectivity index (χ0) is 19.7. The molecule has 6 nitrogen and oxygen atoms in total. The Kier molecular flexibility index (Phi) is 4.77. The lowest BCUT2D eigenvalue weighted by Gasteiger charge is -2.21. The van der Waals surface area contributed by atoms with E-state index in [9.17, 15) is 0 Å². The van der Waals surface area contributed by atoms with E-state index in [2.05, 4.69) is 54.1 Å². The molecular weight excluding hydrogens is 348 g/mol. The van der Waals surface area contributed by atoms with E-state index in [0.29, 0.717) is 5.82 Å². The molecule has 0 N–H and O–H groups in total. The predicted octanol–water partition coefficient (Wildman–Crippen LogP) is 4.13. The fourth-order valence-corrected chi connectivity index (χ4v) is 3.44. The highest BCUT2D eigenvalue weighted by molar-refractivity contribution is 6.54. The Morgan fingerprint density at radius 3 is 2.39 bits per heavy atom. The summed E-state index contributed by atoms with van der Waals surface area (Å²) in [6.07, 6.45) is 0. The molecule has 0 saturated heterocycles. The Hall–Kier alpha value is -3.28. The van der Waals surface area contributed by atoms with Gasteiger partial charge in [0.05, 0.1) is 5.69 Å². The number of nitrogens with zero attached hydrogens (tertiary/aromatic N) is 6. The summed E-state index contributed by atoms with van der Waals surface area (Å²) in [5.41, 5.74) is 5.85. The molecule has 0 atom stereocenters. The van der Waals surface area contributed by atoms with Crippen LogP contribution in [0.3, 0.4) is 0 Å². The molecule has 6 heteroatoms. The Morgan fingerprint density at radius 2 is 1.71 bits per heavy atom. The van der Waals surface area contributed by atoms with Gasteiger partial charge in [-0.05, 0) is 51.5 Å². The van der Waals surface area contributed by atoms with Gasteiger partial charge >= 0.3 is 0 Å². The number of aromatic nitrogens is 3. The largest absolute Gasteiger partial charge is 0.372 e. The summed E-state index contributed by atoms with van der Waals surface area (Å²) < 4.78 is 1.76. The fraction of sp³-hybridized carbons (Fsp3) is 0.273. The first-order valence-electron chi connectivity index (χ1n) is 9.63. The second-order valence-corrected chi connectivity index (χ2v) is 6.80. The standard InChI is InChI=1S/C22H24N6/c1-5-27(6-2)18-12-13-19(15(3)14-18)23-21-20(17-10-8-7-9-11-17)26-28-16(4)24-25-22(21)28/h7-14H,5-6H2,1-4H3. The number of hydrogen-bond donors (Lipinski definition) is 0.